The second-order valence-electron chi connectivity index (χ2n) is 3.44. The van der Waals surface area contributed by atoms with Crippen LogP contribution in [0, 0.1) is 5.92 Å². The molecule has 0 saturated heterocycles. The smallest absolute Gasteiger partial charge is 0.0577 e. The third-order valence-electron chi connectivity index (χ3n) is 2.27. The molecule has 0 aromatic carbocycles. The van der Waals surface area contributed by atoms with E-state index in [1.807, 2.05) is 0 Å². The van der Waals surface area contributed by atoms with Crippen molar-refractivity contribution in [2.75, 3.05) is 6.61 Å². The number of hydrogen-bond donors (Lipinski definition) is 2. The van der Waals surface area contributed by atoms with Crippen molar-refractivity contribution in [1.29, 1.82) is 0 Å². The summed E-state index contributed by atoms with van der Waals surface area (Å²) in [5.74, 6) is 0.333. The summed E-state index contributed by atoms with van der Waals surface area (Å²) in [5.41, 5.74) is 1.08. The molecule has 1 fully saturated rings. The van der Waals surface area contributed by atoms with E-state index in [1.165, 1.54) is 0 Å². The van der Waals surface area contributed by atoms with Gasteiger partial charge in [0.15, 0.2) is 0 Å². The summed E-state index contributed by atoms with van der Waals surface area (Å²) < 4.78 is 0. The highest BCUT2D eigenvalue weighted by molar-refractivity contribution is 5.00. The quantitative estimate of drug-likeness (QED) is 0.440. The summed E-state index contributed by atoms with van der Waals surface area (Å²) in [5, 5.41) is 18.2. The van der Waals surface area contributed by atoms with Gasteiger partial charge in [-0.15, -0.1) is 0 Å². The van der Waals surface area contributed by atoms with E-state index in [9.17, 15) is 5.11 Å². The van der Waals surface area contributed by atoms with Crippen LogP contribution < -0.4 is 0 Å². The standard InChI is InChI=1S/C9H16O2/c1-7-4-8(6-10)2-3-9(11)5-7/h8-11H,1-6H2/t8-,9+/m0/s1. The molecule has 1 aliphatic rings. The topological polar surface area (TPSA) is 40.5 Å². The third-order valence-corrected chi connectivity index (χ3v) is 2.27. The predicted octanol–water partition coefficient (Wildman–Crippen LogP) is 1.09. The van der Waals surface area contributed by atoms with Gasteiger partial charge in [0.1, 0.15) is 0 Å². The van der Waals surface area contributed by atoms with Gasteiger partial charge in [0.2, 0.25) is 0 Å². The Kier molecular flexibility index (Phi) is 3.09. The highest BCUT2D eigenvalue weighted by Gasteiger charge is 2.18. The zero-order valence-electron chi connectivity index (χ0n) is 6.79. The van der Waals surface area contributed by atoms with Gasteiger partial charge in [0.25, 0.3) is 0 Å². The van der Waals surface area contributed by atoms with Gasteiger partial charge in [0, 0.05) is 6.61 Å². The zero-order valence-corrected chi connectivity index (χ0v) is 6.79. The van der Waals surface area contributed by atoms with Crippen molar-refractivity contribution in [3.8, 4) is 0 Å². The summed E-state index contributed by atoms with van der Waals surface area (Å²) in [7, 11) is 0. The van der Waals surface area contributed by atoms with E-state index in [-0.39, 0.29) is 12.7 Å². The highest BCUT2D eigenvalue weighted by Crippen LogP contribution is 2.25. The first kappa shape index (κ1) is 8.75. The minimum absolute atomic E-state index is 0.223. The number of hydrogen-bond acceptors (Lipinski definition) is 2. The molecular weight excluding hydrogens is 140 g/mol. The Hall–Kier alpha value is -0.340. The van der Waals surface area contributed by atoms with Crippen LogP contribution in [0.25, 0.3) is 0 Å². The van der Waals surface area contributed by atoms with E-state index in [0.717, 1.165) is 31.3 Å². The van der Waals surface area contributed by atoms with Crippen LogP contribution in [0.3, 0.4) is 0 Å². The summed E-state index contributed by atoms with van der Waals surface area (Å²) in [6, 6.07) is 0. The molecule has 11 heavy (non-hydrogen) atoms. The summed E-state index contributed by atoms with van der Waals surface area (Å²) in [6.45, 7) is 4.08. The SMILES string of the molecule is C=C1C[C@H](O)CC[C@H](CO)C1. The fourth-order valence-electron chi connectivity index (χ4n) is 1.61. The van der Waals surface area contributed by atoms with Crippen LogP contribution in [0.4, 0.5) is 0 Å². The summed E-state index contributed by atoms with van der Waals surface area (Å²) in [4.78, 5) is 0. The first-order valence-electron chi connectivity index (χ1n) is 4.18. The van der Waals surface area contributed by atoms with E-state index >= 15 is 0 Å². The second-order valence-corrected chi connectivity index (χ2v) is 3.44. The predicted molar refractivity (Wildman–Crippen MR) is 44.2 cm³/mol. The molecule has 64 valence electrons. The van der Waals surface area contributed by atoms with Crippen LogP contribution in [0.2, 0.25) is 0 Å². The molecular formula is C9H16O2. The molecule has 2 nitrogen and oxygen atoms in total. The van der Waals surface area contributed by atoms with Gasteiger partial charge in [-0.05, 0) is 31.6 Å². The lowest BCUT2D eigenvalue weighted by Crippen LogP contribution is -2.06. The van der Waals surface area contributed by atoms with Crippen molar-refractivity contribution in [1.82, 2.24) is 0 Å². The molecule has 2 heteroatoms. The van der Waals surface area contributed by atoms with Gasteiger partial charge in [-0.2, -0.15) is 0 Å². The fraction of sp³-hybridized carbons (Fsp3) is 0.778. The van der Waals surface area contributed by atoms with Crippen molar-refractivity contribution in [2.24, 2.45) is 5.92 Å². The van der Waals surface area contributed by atoms with E-state index < -0.39 is 0 Å². The molecule has 0 aromatic rings. The molecule has 0 aliphatic heterocycles. The first-order valence-corrected chi connectivity index (χ1v) is 4.18. The van der Waals surface area contributed by atoms with E-state index in [0.29, 0.717) is 5.92 Å². The lowest BCUT2D eigenvalue weighted by molar-refractivity contribution is 0.155. The number of aliphatic hydroxyl groups is 2. The van der Waals surface area contributed by atoms with E-state index in [2.05, 4.69) is 6.58 Å². The van der Waals surface area contributed by atoms with Gasteiger partial charge >= 0.3 is 0 Å². The van der Waals surface area contributed by atoms with Crippen LogP contribution >= 0.6 is 0 Å². The molecule has 2 atom stereocenters. The first-order chi connectivity index (χ1) is 5.22. The zero-order chi connectivity index (χ0) is 8.27. The van der Waals surface area contributed by atoms with Gasteiger partial charge in [-0.25, -0.2) is 0 Å². The van der Waals surface area contributed by atoms with Gasteiger partial charge in [-0.1, -0.05) is 12.2 Å². The molecule has 2 N–H and O–H groups in total. The molecule has 0 heterocycles. The largest absolute Gasteiger partial charge is 0.396 e. The second kappa shape index (κ2) is 3.88. The average molecular weight is 156 g/mol. The fourth-order valence-corrected chi connectivity index (χ4v) is 1.61. The van der Waals surface area contributed by atoms with Crippen molar-refractivity contribution in [2.45, 2.75) is 31.8 Å². The van der Waals surface area contributed by atoms with Crippen molar-refractivity contribution < 1.29 is 10.2 Å². The van der Waals surface area contributed by atoms with Crippen molar-refractivity contribution in [3.05, 3.63) is 12.2 Å². The van der Waals surface area contributed by atoms with Crippen LogP contribution in [-0.4, -0.2) is 22.9 Å². The van der Waals surface area contributed by atoms with E-state index in [1.54, 1.807) is 0 Å². The highest BCUT2D eigenvalue weighted by atomic mass is 16.3. The molecule has 0 amide bonds. The third kappa shape index (κ3) is 2.64. The van der Waals surface area contributed by atoms with Crippen LogP contribution in [0.15, 0.2) is 12.2 Å². The molecule has 1 aliphatic carbocycles. The lowest BCUT2D eigenvalue weighted by atomic mass is 10.00. The monoisotopic (exact) mass is 156 g/mol. The number of aliphatic hydroxyl groups excluding tert-OH is 2. The van der Waals surface area contributed by atoms with Crippen molar-refractivity contribution in [3.63, 3.8) is 0 Å². The molecule has 0 unspecified atom stereocenters. The summed E-state index contributed by atoms with van der Waals surface area (Å²) in [6.07, 6.45) is 3.12. The Labute approximate surface area is 67.6 Å². The minimum Gasteiger partial charge on any atom is -0.396 e. The van der Waals surface area contributed by atoms with Crippen LogP contribution in [-0.2, 0) is 0 Å². The normalized spacial score (nSPS) is 33.5. The molecule has 1 saturated carbocycles. The molecule has 0 aromatic heterocycles. The van der Waals surface area contributed by atoms with Gasteiger partial charge < -0.3 is 10.2 Å². The Morgan fingerprint density at radius 1 is 1.36 bits per heavy atom. The maximum absolute atomic E-state index is 9.33. The maximum Gasteiger partial charge on any atom is 0.0577 e. The summed E-state index contributed by atoms with van der Waals surface area (Å²) >= 11 is 0. The number of rotatable bonds is 1. The van der Waals surface area contributed by atoms with Crippen LogP contribution in [0.5, 0.6) is 0 Å². The molecule has 0 bridgehead atoms. The Morgan fingerprint density at radius 3 is 2.73 bits per heavy atom. The van der Waals surface area contributed by atoms with Gasteiger partial charge in [-0.3, -0.25) is 0 Å². The lowest BCUT2D eigenvalue weighted by Gasteiger charge is -2.09. The minimum atomic E-state index is -0.223. The van der Waals surface area contributed by atoms with E-state index in [4.69, 9.17) is 5.11 Å². The average Bonchev–Trinajstić information content (AvgIpc) is 2.11. The van der Waals surface area contributed by atoms with Crippen LogP contribution in [0.1, 0.15) is 25.7 Å². The maximum atomic E-state index is 9.33. The molecule has 1 rings (SSSR count). The molecule has 0 spiro atoms. The Balaban J connectivity index is 2.46. The Morgan fingerprint density at radius 2 is 2.09 bits per heavy atom. The Bertz CT molecular complexity index is 142. The van der Waals surface area contributed by atoms with Crippen molar-refractivity contribution >= 4 is 0 Å². The van der Waals surface area contributed by atoms with Gasteiger partial charge in [0.05, 0.1) is 6.10 Å². The molecule has 0 radical (unpaired) electrons.